The molecule has 0 fully saturated rings. The van der Waals surface area contributed by atoms with Gasteiger partial charge in [0, 0.05) is 11.6 Å². The van der Waals surface area contributed by atoms with Crippen LogP contribution in [0.3, 0.4) is 0 Å². The number of hydrazone groups is 1. The summed E-state index contributed by atoms with van der Waals surface area (Å²) < 4.78 is 46.5. The summed E-state index contributed by atoms with van der Waals surface area (Å²) in [6.07, 6.45) is 1.01. The number of anilines is 1. The monoisotopic (exact) mass is 465 g/mol. The summed E-state index contributed by atoms with van der Waals surface area (Å²) in [5.74, 6) is 1.23. The lowest BCUT2D eigenvalue weighted by atomic mass is 10.1. The number of carbonyl (C=O) groups is 1. The average Bonchev–Trinajstić information content (AvgIpc) is 2.79. The van der Waals surface area contributed by atoms with E-state index in [2.05, 4.69) is 10.5 Å². The predicted octanol–water partition coefficient (Wildman–Crippen LogP) is 2.03. The van der Waals surface area contributed by atoms with Gasteiger partial charge in [-0.05, 0) is 37.3 Å². The normalized spacial score (nSPS) is 11.5. The van der Waals surface area contributed by atoms with Gasteiger partial charge in [0.2, 0.25) is 10.0 Å². The Labute approximate surface area is 187 Å². The second-order valence-corrected chi connectivity index (χ2v) is 8.52. The van der Waals surface area contributed by atoms with Crippen LogP contribution >= 0.6 is 0 Å². The SMILES string of the molecule is COc1ccc(/C(C)=N\NC(=O)CN(c2ccc(OC)c(OC)c2)S(C)(=O)=O)cc1OC. The smallest absolute Gasteiger partial charge is 0.260 e. The zero-order chi connectivity index (χ0) is 23.9. The van der Waals surface area contributed by atoms with Crippen molar-refractivity contribution in [1.29, 1.82) is 0 Å². The van der Waals surface area contributed by atoms with Gasteiger partial charge < -0.3 is 18.9 Å². The molecular weight excluding hydrogens is 438 g/mol. The van der Waals surface area contributed by atoms with Gasteiger partial charge in [-0.15, -0.1) is 0 Å². The van der Waals surface area contributed by atoms with Crippen molar-refractivity contribution in [3.8, 4) is 23.0 Å². The molecule has 0 saturated carbocycles. The van der Waals surface area contributed by atoms with Gasteiger partial charge in [-0.3, -0.25) is 9.10 Å². The molecule has 0 heterocycles. The summed E-state index contributed by atoms with van der Waals surface area (Å²) in [4.78, 5) is 12.5. The summed E-state index contributed by atoms with van der Waals surface area (Å²) in [5.41, 5.74) is 3.83. The minimum absolute atomic E-state index is 0.251. The lowest BCUT2D eigenvalue weighted by molar-refractivity contribution is -0.119. The highest BCUT2D eigenvalue weighted by Gasteiger charge is 2.22. The number of methoxy groups -OCH3 is 4. The fourth-order valence-electron chi connectivity index (χ4n) is 2.82. The van der Waals surface area contributed by atoms with Crippen molar-refractivity contribution in [2.45, 2.75) is 6.92 Å². The fraction of sp³-hybridized carbons (Fsp3) is 0.333. The molecule has 0 atom stereocenters. The van der Waals surface area contributed by atoms with Crippen molar-refractivity contribution >= 4 is 27.3 Å². The van der Waals surface area contributed by atoms with E-state index in [9.17, 15) is 13.2 Å². The molecule has 11 heteroatoms. The Balaban J connectivity index is 2.21. The molecule has 0 aliphatic carbocycles. The lowest BCUT2D eigenvalue weighted by Gasteiger charge is -2.22. The van der Waals surface area contributed by atoms with Crippen LogP contribution in [-0.2, 0) is 14.8 Å². The molecule has 10 nitrogen and oxygen atoms in total. The largest absolute Gasteiger partial charge is 0.493 e. The standard InChI is InChI=1S/C21H27N3O7S/c1-14(15-7-9-17(28-2)19(11-15)30-4)22-23-21(25)13-24(32(6,26)27)16-8-10-18(29-3)20(12-16)31-5/h7-12H,13H2,1-6H3,(H,23,25)/b22-14-. The Kier molecular flexibility index (Phi) is 8.30. The molecule has 0 radical (unpaired) electrons. The molecule has 0 unspecified atom stereocenters. The molecule has 0 saturated heterocycles. The quantitative estimate of drug-likeness (QED) is 0.422. The molecule has 1 amide bonds. The maximum atomic E-state index is 12.5. The van der Waals surface area contributed by atoms with Crippen LogP contribution in [0, 0.1) is 0 Å². The second kappa shape index (κ2) is 10.7. The molecule has 174 valence electrons. The number of sulfonamides is 1. The van der Waals surface area contributed by atoms with Gasteiger partial charge in [-0.1, -0.05) is 0 Å². The number of benzene rings is 2. The van der Waals surface area contributed by atoms with Crippen LogP contribution in [0.15, 0.2) is 41.5 Å². The third-order valence-electron chi connectivity index (χ3n) is 4.49. The van der Waals surface area contributed by atoms with Crippen LogP contribution in [0.1, 0.15) is 12.5 Å². The zero-order valence-electron chi connectivity index (χ0n) is 18.8. The summed E-state index contributed by atoms with van der Waals surface area (Å²) in [6.45, 7) is 1.22. The maximum Gasteiger partial charge on any atom is 0.260 e. The van der Waals surface area contributed by atoms with Gasteiger partial charge in [0.25, 0.3) is 5.91 Å². The highest BCUT2D eigenvalue weighted by molar-refractivity contribution is 7.92. The van der Waals surface area contributed by atoms with E-state index in [-0.39, 0.29) is 5.69 Å². The third kappa shape index (κ3) is 6.03. The first-order chi connectivity index (χ1) is 15.1. The fourth-order valence-corrected chi connectivity index (χ4v) is 3.67. The maximum absolute atomic E-state index is 12.5. The van der Waals surface area contributed by atoms with Gasteiger partial charge in [0.05, 0.1) is 46.1 Å². The van der Waals surface area contributed by atoms with Gasteiger partial charge >= 0.3 is 0 Å². The van der Waals surface area contributed by atoms with Gasteiger partial charge in [0.15, 0.2) is 23.0 Å². The highest BCUT2D eigenvalue weighted by Crippen LogP contribution is 2.32. The van der Waals surface area contributed by atoms with Crippen molar-refractivity contribution in [2.24, 2.45) is 5.10 Å². The molecule has 0 spiro atoms. The van der Waals surface area contributed by atoms with Crippen molar-refractivity contribution in [3.05, 3.63) is 42.0 Å². The Morgan fingerprint density at radius 1 is 0.906 bits per heavy atom. The van der Waals surface area contributed by atoms with Crippen LogP contribution in [0.25, 0.3) is 0 Å². The Bertz CT molecular complexity index is 1100. The number of amides is 1. The lowest BCUT2D eigenvalue weighted by Crippen LogP contribution is -2.39. The van der Waals surface area contributed by atoms with Crippen LogP contribution in [0.2, 0.25) is 0 Å². The van der Waals surface area contributed by atoms with E-state index < -0.39 is 22.5 Å². The molecule has 2 aromatic rings. The molecule has 1 N–H and O–H groups in total. The van der Waals surface area contributed by atoms with Crippen LogP contribution in [0.5, 0.6) is 23.0 Å². The van der Waals surface area contributed by atoms with Crippen LogP contribution < -0.4 is 28.7 Å². The van der Waals surface area contributed by atoms with Crippen molar-refractivity contribution in [3.63, 3.8) is 0 Å². The molecule has 0 aromatic heterocycles. The third-order valence-corrected chi connectivity index (χ3v) is 5.63. The Hall–Kier alpha value is -3.47. The van der Waals surface area contributed by atoms with Crippen molar-refractivity contribution in [2.75, 3.05) is 45.5 Å². The number of nitrogens with one attached hydrogen (secondary N) is 1. The van der Waals surface area contributed by atoms with E-state index in [0.717, 1.165) is 10.6 Å². The van der Waals surface area contributed by atoms with Crippen molar-refractivity contribution in [1.82, 2.24) is 5.43 Å². The minimum Gasteiger partial charge on any atom is -0.493 e. The summed E-state index contributed by atoms with van der Waals surface area (Å²) in [6, 6.07) is 9.76. The minimum atomic E-state index is -3.77. The number of rotatable bonds is 10. The molecule has 0 aliphatic rings. The Morgan fingerprint density at radius 2 is 1.44 bits per heavy atom. The molecule has 32 heavy (non-hydrogen) atoms. The molecule has 0 aliphatic heterocycles. The summed E-state index contributed by atoms with van der Waals surface area (Å²) >= 11 is 0. The highest BCUT2D eigenvalue weighted by atomic mass is 32.2. The van der Waals surface area contributed by atoms with E-state index in [0.29, 0.717) is 34.3 Å². The average molecular weight is 466 g/mol. The van der Waals surface area contributed by atoms with Crippen molar-refractivity contribution < 1.29 is 32.2 Å². The number of nitrogens with zero attached hydrogens (tertiary/aromatic N) is 2. The number of ether oxygens (including phenoxy) is 4. The number of carbonyl (C=O) groups excluding carboxylic acids is 1. The Morgan fingerprint density at radius 3 is 1.97 bits per heavy atom. The molecule has 2 aromatic carbocycles. The van der Waals surface area contributed by atoms with E-state index in [1.807, 2.05) is 0 Å². The van der Waals surface area contributed by atoms with Crippen LogP contribution in [0.4, 0.5) is 5.69 Å². The molecular formula is C21H27N3O7S. The van der Waals surface area contributed by atoms with Gasteiger partial charge in [0.1, 0.15) is 6.54 Å². The van der Waals surface area contributed by atoms with Gasteiger partial charge in [-0.25, -0.2) is 13.8 Å². The first-order valence-corrected chi connectivity index (χ1v) is 11.2. The summed E-state index contributed by atoms with van der Waals surface area (Å²) in [7, 11) is 2.19. The van der Waals surface area contributed by atoms with Crippen LogP contribution in [-0.4, -0.2) is 61.3 Å². The molecule has 0 bridgehead atoms. The first-order valence-electron chi connectivity index (χ1n) is 9.39. The van der Waals surface area contributed by atoms with E-state index in [1.165, 1.54) is 40.6 Å². The van der Waals surface area contributed by atoms with E-state index in [1.54, 1.807) is 31.2 Å². The second-order valence-electron chi connectivity index (χ2n) is 6.61. The number of hydrogen-bond acceptors (Lipinski definition) is 8. The predicted molar refractivity (Wildman–Crippen MR) is 122 cm³/mol. The molecule has 2 rings (SSSR count). The topological polar surface area (TPSA) is 116 Å². The summed E-state index contributed by atoms with van der Waals surface area (Å²) in [5, 5.41) is 4.07. The van der Waals surface area contributed by atoms with E-state index >= 15 is 0 Å². The number of hydrogen-bond donors (Lipinski definition) is 1. The zero-order valence-corrected chi connectivity index (χ0v) is 19.6. The first kappa shape index (κ1) is 24.8. The van der Waals surface area contributed by atoms with Gasteiger partial charge in [-0.2, -0.15) is 5.10 Å². The van der Waals surface area contributed by atoms with E-state index in [4.69, 9.17) is 18.9 Å².